The highest BCUT2D eigenvalue weighted by molar-refractivity contribution is 7.99. The molecule has 5 aromatic rings. The molecule has 3 heterocycles. The van der Waals surface area contributed by atoms with Crippen molar-refractivity contribution in [3.63, 3.8) is 0 Å². The molecule has 0 N–H and O–H groups in total. The minimum atomic E-state index is 0.547. The molecule has 152 valence electrons. The van der Waals surface area contributed by atoms with Gasteiger partial charge in [0.1, 0.15) is 22.9 Å². The average Bonchev–Trinajstić information content (AvgIpc) is 3.45. The van der Waals surface area contributed by atoms with Gasteiger partial charge in [0.2, 0.25) is 12.2 Å². The summed E-state index contributed by atoms with van der Waals surface area (Å²) in [5.74, 6) is 1.33. The van der Waals surface area contributed by atoms with Crippen LogP contribution in [-0.2, 0) is 7.05 Å². The van der Waals surface area contributed by atoms with Gasteiger partial charge in [-0.15, -0.1) is 0 Å². The number of hydrogen-bond donors (Lipinski definition) is 0. The summed E-state index contributed by atoms with van der Waals surface area (Å²) in [5, 5.41) is 5.59. The SMILES string of the molecule is Cn1c(-c2cncnc2)nc(-c2ccc(-c3ncon3)cc2)c1Sc1ccc(Cl)cc1. The minimum absolute atomic E-state index is 0.547. The van der Waals surface area contributed by atoms with E-state index in [4.69, 9.17) is 21.1 Å². The number of benzene rings is 2. The summed E-state index contributed by atoms with van der Waals surface area (Å²) >= 11 is 7.68. The first-order valence-corrected chi connectivity index (χ1v) is 10.5. The van der Waals surface area contributed by atoms with Crippen molar-refractivity contribution in [1.82, 2.24) is 29.7 Å². The fourth-order valence-electron chi connectivity index (χ4n) is 3.15. The topological polar surface area (TPSA) is 82.5 Å². The molecule has 0 aliphatic heterocycles. The van der Waals surface area contributed by atoms with E-state index in [1.54, 1.807) is 24.2 Å². The molecule has 31 heavy (non-hydrogen) atoms. The lowest BCUT2D eigenvalue weighted by Gasteiger charge is -2.08. The number of aromatic nitrogens is 6. The third kappa shape index (κ3) is 3.95. The number of halogens is 1. The van der Waals surface area contributed by atoms with Gasteiger partial charge in [0.05, 0.1) is 5.56 Å². The van der Waals surface area contributed by atoms with Crippen molar-refractivity contribution in [2.75, 3.05) is 0 Å². The van der Waals surface area contributed by atoms with Gasteiger partial charge in [-0.25, -0.2) is 15.0 Å². The van der Waals surface area contributed by atoms with Gasteiger partial charge in [0.15, 0.2) is 0 Å². The van der Waals surface area contributed by atoms with E-state index in [0.717, 1.165) is 38.1 Å². The van der Waals surface area contributed by atoms with E-state index < -0.39 is 0 Å². The van der Waals surface area contributed by atoms with E-state index in [0.29, 0.717) is 10.8 Å². The summed E-state index contributed by atoms with van der Waals surface area (Å²) in [6.07, 6.45) is 6.34. The first-order valence-electron chi connectivity index (χ1n) is 9.32. The lowest BCUT2D eigenvalue weighted by molar-refractivity contribution is 0.419. The molecule has 3 aromatic heterocycles. The third-order valence-corrected chi connectivity index (χ3v) is 6.09. The molecule has 0 bridgehead atoms. The first-order chi connectivity index (χ1) is 15.2. The standard InChI is InChI=1S/C22H15ClN6OS/c1-29-21(16-10-24-12-25-11-16)27-19(22(29)31-18-8-6-17(23)7-9-18)14-2-4-15(5-3-14)20-26-13-30-28-20/h2-13H,1H3. The molecule has 0 aliphatic rings. The monoisotopic (exact) mass is 446 g/mol. The van der Waals surface area contributed by atoms with E-state index in [2.05, 4.69) is 24.7 Å². The van der Waals surface area contributed by atoms with Crippen molar-refractivity contribution >= 4 is 23.4 Å². The van der Waals surface area contributed by atoms with Crippen molar-refractivity contribution in [2.45, 2.75) is 9.92 Å². The molecule has 0 unspecified atom stereocenters. The predicted octanol–water partition coefficient (Wildman–Crippen LogP) is 5.40. The summed E-state index contributed by atoms with van der Waals surface area (Å²) in [4.78, 5) is 18.4. The van der Waals surface area contributed by atoms with Crippen LogP contribution in [0.4, 0.5) is 0 Å². The van der Waals surface area contributed by atoms with Crippen LogP contribution in [0.1, 0.15) is 0 Å². The lowest BCUT2D eigenvalue weighted by atomic mass is 10.1. The summed E-state index contributed by atoms with van der Waals surface area (Å²) < 4.78 is 6.90. The smallest absolute Gasteiger partial charge is 0.214 e. The van der Waals surface area contributed by atoms with Crippen LogP contribution in [0.25, 0.3) is 34.0 Å². The van der Waals surface area contributed by atoms with Crippen LogP contribution in [0, 0.1) is 0 Å². The zero-order chi connectivity index (χ0) is 21.2. The normalized spacial score (nSPS) is 11.0. The Kier molecular flexibility index (Phi) is 5.23. The van der Waals surface area contributed by atoms with Crippen molar-refractivity contribution in [2.24, 2.45) is 7.05 Å². The molecule has 2 aromatic carbocycles. The van der Waals surface area contributed by atoms with Gasteiger partial charge < -0.3 is 9.09 Å². The quantitative estimate of drug-likeness (QED) is 0.357. The van der Waals surface area contributed by atoms with Crippen molar-refractivity contribution in [1.29, 1.82) is 0 Å². The molecule has 0 amide bonds. The molecular weight excluding hydrogens is 432 g/mol. The molecule has 9 heteroatoms. The second kappa shape index (κ2) is 8.33. The minimum Gasteiger partial charge on any atom is -0.342 e. The molecular formula is C22H15ClN6OS. The Labute approximate surface area is 187 Å². The van der Waals surface area contributed by atoms with Crippen LogP contribution in [0.3, 0.4) is 0 Å². The van der Waals surface area contributed by atoms with Gasteiger partial charge >= 0.3 is 0 Å². The lowest BCUT2D eigenvalue weighted by Crippen LogP contribution is -1.95. The first kappa shape index (κ1) is 19.5. The fourth-order valence-corrected chi connectivity index (χ4v) is 4.26. The highest BCUT2D eigenvalue weighted by Crippen LogP contribution is 2.39. The number of imidazole rings is 1. The van der Waals surface area contributed by atoms with Crippen LogP contribution in [0.15, 0.2) is 88.1 Å². The molecule has 0 saturated heterocycles. The van der Waals surface area contributed by atoms with Crippen LogP contribution in [0.5, 0.6) is 0 Å². The van der Waals surface area contributed by atoms with Crippen molar-refractivity contribution in [3.8, 4) is 34.0 Å². The van der Waals surface area contributed by atoms with Crippen molar-refractivity contribution < 1.29 is 4.52 Å². The maximum atomic E-state index is 6.06. The zero-order valence-corrected chi connectivity index (χ0v) is 17.9. The van der Waals surface area contributed by atoms with Gasteiger partial charge in [0, 0.05) is 40.5 Å². The highest BCUT2D eigenvalue weighted by Gasteiger charge is 2.19. The maximum Gasteiger partial charge on any atom is 0.214 e. The Balaban J connectivity index is 1.60. The van der Waals surface area contributed by atoms with E-state index in [9.17, 15) is 0 Å². The summed E-state index contributed by atoms with van der Waals surface area (Å²) in [6, 6.07) is 15.7. The van der Waals surface area contributed by atoms with Crippen LogP contribution in [0.2, 0.25) is 5.02 Å². The van der Waals surface area contributed by atoms with Crippen LogP contribution < -0.4 is 0 Å². The molecule has 0 atom stereocenters. The molecule has 0 spiro atoms. The van der Waals surface area contributed by atoms with Gasteiger partial charge in [-0.3, -0.25) is 0 Å². The Hall–Kier alpha value is -3.49. The second-order valence-corrected chi connectivity index (χ2v) is 8.16. The highest BCUT2D eigenvalue weighted by atomic mass is 35.5. The summed E-state index contributed by atoms with van der Waals surface area (Å²) in [6.45, 7) is 0. The van der Waals surface area contributed by atoms with E-state index >= 15 is 0 Å². The largest absolute Gasteiger partial charge is 0.342 e. The van der Waals surface area contributed by atoms with Crippen LogP contribution >= 0.6 is 23.4 Å². The molecule has 0 fully saturated rings. The second-order valence-electron chi connectivity index (χ2n) is 6.66. The van der Waals surface area contributed by atoms with E-state index in [1.807, 2.05) is 55.6 Å². The average molecular weight is 447 g/mol. The Morgan fingerprint density at radius 3 is 2.29 bits per heavy atom. The third-order valence-electron chi connectivity index (χ3n) is 4.67. The van der Waals surface area contributed by atoms with Crippen molar-refractivity contribution in [3.05, 3.63) is 78.7 Å². The van der Waals surface area contributed by atoms with E-state index in [-0.39, 0.29) is 0 Å². The Bertz CT molecular complexity index is 1300. The Morgan fingerprint density at radius 2 is 1.61 bits per heavy atom. The number of nitrogens with zero attached hydrogens (tertiary/aromatic N) is 6. The van der Waals surface area contributed by atoms with E-state index in [1.165, 1.54) is 12.7 Å². The molecule has 0 radical (unpaired) electrons. The zero-order valence-electron chi connectivity index (χ0n) is 16.3. The van der Waals surface area contributed by atoms with Gasteiger partial charge in [-0.2, -0.15) is 4.98 Å². The van der Waals surface area contributed by atoms with Gasteiger partial charge in [-0.1, -0.05) is 52.8 Å². The number of hydrogen-bond acceptors (Lipinski definition) is 7. The molecule has 0 saturated carbocycles. The molecule has 0 aliphatic carbocycles. The molecule has 7 nitrogen and oxygen atoms in total. The van der Waals surface area contributed by atoms with Gasteiger partial charge in [-0.05, 0) is 24.3 Å². The van der Waals surface area contributed by atoms with Gasteiger partial charge in [0.25, 0.3) is 0 Å². The summed E-state index contributed by atoms with van der Waals surface area (Å²) in [5.41, 5.74) is 3.55. The predicted molar refractivity (Wildman–Crippen MR) is 119 cm³/mol. The number of rotatable bonds is 5. The fraction of sp³-hybridized carbons (Fsp3) is 0.0455. The van der Waals surface area contributed by atoms with Crippen LogP contribution in [-0.4, -0.2) is 29.7 Å². The maximum absolute atomic E-state index is 6.06. The molecule has 5 rings (SSSR count). The summed E-state index contributed by atoms with van der Waals surface area (Å²) in [7, 11) is 1.99. The Morgan fingerprint density at radius 1 is 0.903 bits per heavy atom.